The highest BCUT2D eigenvalue weighted by atomic mass is 79.9. The third-order valence-corrected chi connectivity index (χ3v) is 7.65. The van der Waals surface area contributed by atoms with E-state index in [1.165, 1.54) is 18.2 Å². The van der Waals surface area contributed by atoms with Gasteiger partial charge in [0.2, 0.25) is 0 Å². The van der Waals surface area contributed by atoms with Crippen LogP contribution in [-0.4, -0.2) is 29.4 Å². The first-order valence-corrected chi connectivity index (χ1v) is 14.6. The average Bonchev–Trinajstić information content (AvgIpc) is 3.06. The predicted molar refractivity (Wildman–Crippen MR) is 127 cm³/mol. The van der Waals surface area contributed by atoms with Crippen LogP contribution in [0.25, 0.3) is 33.1 Å². The van der Waals surface area contributed by atoms with Crippen molar-refractivity contribution in [2.24, 2.45) is 0 Å². The molecule has 0 saturated heterocycles. The Morgan fingerprint density at radius 3 is 2.47 bits per heavy atom. The molecule has 0 spiro atoms. The highest BCUT2D eigenvalue weighted by Gasteiger charge is 2.22. The number of halogens is 3. The molecule has 2 heterocycles. The minimum absolute atomic E-state index is 0.125. The summed E-state index contributed by atoms with van der Waals surface area (Å²) in [7, 11) is -1.22. The van der Waals surface area contributed by atoms with Gasteiger partial charge in [-0.05, 0) is 46.2 Å². The summed E-state index contributed by atoms with van der Waals surface area (Å²) in [5.41, 5.74) is 1.28. The number of hydrogen-bond acceptors (Lipinski definition) is 4. The highest BCUT2D eigenvalue weighted by Crippen LogP contribution is 2.37. The lowest BCUT2D eigenvalue weighted by molar-refractivity contribution is 0.0775. The van der Waals surface area contributed by atoms with Crippen molar-refractivity contribution in [1.29, 1.82) is 5.26 Å². The summed E-state index contributed by atoms with van der Waals surface area (Å²) in [5.74, 6) is -1.45. The van der Waals surface area contributed by atoms with Crippen LogP contribution in [0.1, 0.15) is 5.56 Å². The summed E-state index contributed by atoms with van der Waals surface area (Å²) in [5, 5.41) is 15.1. The standard InChI is InChI=1S/C23H21BrF2N4OSi/c1-32(2,3)10-9-31-13-30-23(24)22-21(29-30)15-8-7-14(12-27)11-16(15)20(28-22)19-17(25)5-4-6-18(19)26/h4-8,11H,9-10,13H2,1-3H3. The lowest BCUT2D eigenvalue weighted by Crippen LogP contribution is -2.22. The lowest BCUT2D eigenvalue weighted by atomic mass is 10.00. The first-order chi connectivity index (χ1) is 15.2. The number of hydrogen-bond donors (Lipinski definition) is 0. The van der Waals surface area contributed by atoms with Gasteiger partial charge in [-0.15, -0.1) is 0 Å². The number of benzene rings is 2. The molecule has 0 bridgehead atoms. The zero-order valence-electron chi connectivity index (χ0n) is 17.9. The van der Waals surface area contributed by atoms with Crippen LogP contribution in [0.5, 0.6) is 0 Å². The quantitative estimate of drug-likeness (QED) is 0.218. The molecule has 2 aromatic carbocycles. The van der Waals surface area contributed by atoms with E-state index in [1.807, 2.05) is 0 Å². The van der Waals surface area contributed by atoms with Crippen LogP contribution in [0.4, 0.5) is 8.78 Å². The van der Waals surface area contributed by atoms with Crippen LogP contribution in [0.3, 0.4) is 0 Å². The van der Waals surface area contributed by atoms with Crippen molar-refractivity contribution >= 4 is 45.8 Å². The highest BCUT2D eigenvalue weighted by molar-refractivity contribution is 9.10. The maximum absolute atomic E-state index is 14.7. The van der Waals surface area contributed by atoms with Gasteiger partial charge in [-0.2, -0.15) is 10.4 Å². The van der Waals surface area contributed by atoms with Crippen LogP contribution in [0.15, 0.2) is 41.0 Å². The van der Waals surface area contributed by atoms with Crippen LogP contribution < -0.4 is 0 Å². The molecule has 0 aliphatic carbocycles. The van der Waals surface area contributed by atoms with E-state index in [4.69, 9.17) is 4.74 Å². The summed E-state index contributed by atoms with van der Waals surface area (Å²) < 4.78 is 37.3. The SMILES string of the molecule is C[Si](C)(C)CCOCn1nc2c(nc(-c3c(F)cccc3F)c3cc(C#N)ccc32)c1Br. The summed E-state index contributed by atoms with van der Waals surface area (Å²) in [6.45, 7) is 7.70. The van der Waals surface area contributed by atoms with Crippen molar-refractivity contribution in [3.05, 3.63) is 58.2 Å². The molecule has 32 heavy (non-hydrogen) atoms. The zero-order chi connectivity index (χ0) is 23.0. The number of ether oxygens (including phenoxy) is 1. The number of fused-ring (bicyclic) bond motifs is 3. The molecule has 0 radical (unpaired) electrons. The maximum Gasteiger partial charge on any atom is 0.140 e. The van der Waals surface area contributed by atoms with Crippen LogP contribution in [0.2, 0.25) is 25.7 Å². The molecule has 0 aliphatic rings. The first kappa shape index (κ1) is 22.5. The monoisotopic (exact) mass is 514 g/mol. The average molecular weight is 515 g/mol. The van der Waals surface area contributed by atoms with Gasteiger partial charge in [0.15, 0.2) is 0 Å². The molecular formula is C23H21BrF2N4OSi. The molecular weight excluding hydrogens is 494 g/mol. The lowest BCUT2D eigenvalue weighted by Gasteiger charge is -2.15. The molecule has 164 valence electrons. The van der Waals surface area contributed by atoms with Gasteiger partial charge in [0, 0.05) is 25.5 Å². The summed E-state index contributed by atoms with van der Waals surface area (Å²) in [6.07, 6.45) is 0. The Bertz CT molecular complexity index is 1350. The van der Waals surface area contributed by atoms with Crippen molar-refractivity contribution < 1.29 is 13.5 Å². The van der Waals surface area contributed by atoms with Gasteiger partial charge in [0.05, 0.1) is 22.9 Å². The predicted octanol–water partition coefficient (Wildman–Crippen LogP) is 6.48. The molecule has 0 aliphatic heterocycles. The molecule has 0 unspecified atom stereocenters. The van der Waals surface area contributed by atoms with E-state index in [9.17, 15) is 14.0 Å². The zero-order valence-corrected chi connectivity index (χ0v) is 20.5. The Kier molecular flexibility index (Phi) is 6.12. The Balaban J connectivity index is 1.88. The van der Waals surface area contributed by atoms with E-state index in [2.05, 4.69) is 51.7 Å². The maximum atomic E-state index is 14.7. The molecule has 2 aromatic heterocycles. The second kappa shape index (κ2) is 8.69. The largest absolute Gasteiger partial charge is 0.359 e. The first-order valence-electron chi connectivity index (χ1n) is 10.1. The number of nitriles is 1. The Labute approximate surface area is 193 Å². The van der Waals surface area contributed by atoms with E-state index in [0.717, 1.165) is 6.04 Å². The van der Waals surface area contributed by atoms with Crippen molar-refractivity contribution in [2.75, 3.05) is 6.61 Å². The van der Waals surface area contributed by atoms with Gasteiger partial charge in [0.1, 0.15) is 34.0 Å². The van der Waals surface area contributed by atoms with Gasteiger partial charge in [-0.25, -0.2) is 18.4 Å². The Hall–Kier alpha value is -2.67. The summed E-state index contributed by atoms with van der Waals surface area (Å²) in [6, 6.07) is 11.8. The van der Waals surface area contributed by atoms with Crippen molar-refractivity contribution in [3.63, 3.8) is 0 Å². The number of aromatic nitrogens is 3. The molecule has 5 nitrogen and oxygen atoms in total. The molecule has 0 amide bonds. The van der Waals surface area contributed by atoms with Gasteiger partial charge < -0.3 is 4.74 Å². The third-order valence-electron chi connectivity index (χ3n) is 5.16. The van der Waals surface area contributed by atoms with Gasteiger partial charge in [-0.3, -0.25) is 0 Å². The van der Waals surface area contributed by atoms with Crippen molar-refractivity contribution in [2.45, 2.75) is 32.4 Å². The van der Waals surface area contributed by atoms with Gasteiger partial charge in [0.25, 0.3) is 0 Å². The van der Waals surface area contributed by atoms with E-state index >= 15 is 0 Å². The third kappa shape index (κ3) is 4.31. The van der Waals surface area contributed by atoms with Crippen LogP contribution in [0, 0.1) is 23.0 Å². The minimum atomic E-state index is -1.22. The van der Waals surface area contributed by atoms with E-state index in [-0.39, 0.29) is 18.0 Å². The fraction of sp³-hybridized carbons (Fsp3) is 0.261. The molecule has 0 N–H and O–H groups in total. The molecule has 0 fully saturated rings. The second-order valence-corrected chi connectivity index (χ2v) is 15.1. The van der Waals surface area contributed by atoms with E-state index < -0.39 is 19.7 Å². The van der Waals surface area contributed by atoms with Gasteiger partial charge in [-0.1, -0.05) is 31.8 Å². The molecule has 4 rings (SSSR count). The van der Waals surface area contributed by atoms with Crippen LogP contribution >= 0.6 is 15.9 Å². The van der Waals surface area contributed by atoms with Gasteiger partial charge >= 0.3 is 0 Å². The molecule has 0 atom stereocenters. The van der Waals surface area contributed by atoms with Crippen molar-refractivity contribution in [3.8, 4) is 17.3 Å². The van der Waals surface area contributed by atoms with Crippen molar-refractivity contribution in [1.82, 2.24) is 14.8 Å². The number of rotatable bonds is 6. The minimum Gasteiger partial charge on any atom is -0.359 e. The molecule has 9 heteroatoms. The smallest absolute Gasteiger partial charge is 0.140 e. The van der Waals surface area contributed by atoms with Crippen LogP contribution in [-0.2, 0) is 11.5 Å². The number of pyridine rings is 1. The Morgan fingerprint density at radius 2 is 1.81 bits per heavy atom. The normalized spacial score (nSPS) is 11.9. The summed E-state index contributed by atoms with van der Waals surface area (Å²) in [4.78, 5) is 4.59. The molecule has 0 saturated carbocycles. The molecule has 4 aromatic rings. The topological polar surface area (TPSA) is 63.7 Å². The fourth-order valence-corrected chi connectivity index (χ4v) is 4.65. The van der Waals surface area contributed by atoms with E-state index in [0.29, 0.717) is 38.6 Å². The summed E-state index contributed by atoms with van der Waals surface area (Å²) >= 11 is 3.53. The second-order valence-electron chi connectivity index (χ2n) is 8.76. The number of nitrogens with zero attached hydrogens (tertiary/aromatic N) is 4. The Morgan fingerprint density at radius 1 is 1.09 bits per heavy atom. The fourth-order valence-electron chi connectivity index (χ4n) is 3.43. The van der Waals surface area contributed by atoms with E-state index in [1.54, 1.807) is 22.9 Å².